The van der Waals surface area contributed by atoms with E-state index in [0.29, 0.717) is 24.7 Å². The predicted molar refractivity (Wildman–Crippen MR) is 62.5 cm³/mol. The van der Waals surface area contributed by atoms with Gasteiger partial charge in [0, 0.05) is 24.9 Å². The maximum Gasteiger partial charge on any atom is 0.230 e. The molecule has 0 aliphatic carbocycles. The number of ether oxygens (including phenoxy) is 1. The Bertz CT molecular complexity index is 379. The Labute approximate surface area is 102 Å². The van der Waals surface area contributed by atoms with Crippen molar-refractivity contribution < 1.29 is 14.1 Å². The van der Waals surface area contributed by atoms with Gasteiger partial charge in [0.1, 0.15) is 12.4 Å². The first-order valence-corrected chi connectivity index (χ1v) is 5.69. The number of hydrogen-bond acceptors (Lipinski definition) is 5. The van der Waals surface area contributed by atoms with Crippen molar-refractivity contribution in [1.82, 2.24) is 10.1 Å². The highest BCUT2D eigenvalue weighted by Gasteiger charge is 2.25. The van der Waals surface area contributed by atoms with E-state index in [-0.39, 0.29) is 17.1 Å². The Morgan fingerprint density at radius 1 is 1.47 bits per heavy atom. The quantitative estimate of drug-likeness (QED) is 0.790. The summed E-state index contributed by atoms with van der Waals surface area (Å²) < 4.78 is 10.0. The molecule has 1 rings (SSSR count). The number of rotatable bonds is 5. The summed E-state index contributed by atoms with van der Waals surface area (Å²) in [5.74, 6) is 1.14. The lowest BCUT2D eigenvalue weighted by molar-refractivity contribution is -0.126. The SMILES string of the molecule is COCc1noc(C(C)CC(=O)C(C)(C)C)n1. The smallest absolute Gasteiger partial charge is 0.230 e. The molecule has 1 aromatic heterocycles. The highest BCUT2D eigenvalue weighted by Crippen LogP contribution is 2.24. The lowest BCUT2D eigenvalue weighted by atomic mass is 9.85. The molecule has 0 saturated heterocycles. The molecule has 5 nitrogen and oxygen atoms in total. The van der Waals surface area contributed by atoms with Crippen molar-refractivity contribution in [2.45, 2.75) is 46.6 Å². The van der Waals surface area contributed by atoms with E-state index >= 15 is 0 Å². The largest absolute Gasteiger partial charge is 0.377 e. The van der Waals surface area contributed by atoms with Crippen LogP contribution in [0.25, 0.3) is 0 Å². The van der Waals surface area contributed by atoms with E-state index in [9.17, 15) is 4.79 Å². The second-order valence-electron chi connectivity index (χ2n) is 5.26. The lowest BCUT2D eigenvalue weighted by Crippen LogP contribution is -2.21. The number of Topliss-reactive ketones (excluding diaryl/α,β-unsaturated/α-hetero) is 1. The van der Waals surface area contributed by atoms with E-state index in [0.717, 1.165) is 0 Å². The molecule has 1 aromatic rings. The zero-order valence-electron chi connectivity index (χ0n) is 11.1. The van der Waals surface area contributed by atoms with Gasteiger partial charge in [-0.15, -0.1) is 0 Å². The molecule has 0 radical (unpaired) electrons. The van der Waals surface area contributed by atoms with Gasteiger partial charge in [-0.1, -0.05) is 32.9 Å². The average molecular weight is 240 g/mol. The van der Waals surface area contributed by atoms with Gasteiger partial charge < -0.3 is 9.26 Å². The van der Waals surface area contributed by atoms with Gasteiger partial charge in [0.15, 0.2) is 5.82 Å². The van der Waals surface area contributed by atoms with E-state index in [1.165, 1.54) is 0 Å². The molecule has 0 amide bonds. The molecule has 1 heterocycles. The molecule has 17 heavy (non-hydrogen) atoms. The molecule has 96 valence electrons. The van der Waals surface area contributed by atoms with Gasteiger partial charge >= 0.3 is 0 Å². The van der Waals surface area contributed by atoms with Gasteiger partial charge in [-0.2, -0.15) is 4.98 Å². The lowest BCUT2D eigenvalue weighted by Gasteiger charge is -2.17. The fourth-order valence-electron chi connectivity index (χ4n) is 1.33. The predicted octanol–water partition coefficient (Wildman–Crippen LogP) is 2.32. The number of aromatic nitrogens is 2. The third kappa shape index (κ3) is 3.93. The van der Waals surface area contributed by atoms with E-state index in [2.05, 4.69) is 10.1 Å². The van der Waals surface area contributed by atoms with Crippen molar-refractivity contribution >= 4 is 5.78 Å². The summed E-state index contributed by atoms with van der Waals surface area (Å²) in [6, 6.07) is 0. The zero-order chi connectivity index (χ0) is 13.1. The van der Waals surface area contributed by atoms with Crippen LogP contribution in [-0.4, -0.2) is 23.0 Å². The molecule has 0 saturated carbocycles. The summed E-state index contributed by atoms with van der Waals surface area (Å²) >= 11 is 0. The van der Waals surface area contributed by atoms with Crippen molar-refractivity contribution in [3.05, 3.63) is 11.7 Å². The maximum absolute atomic E-state index is 11.9. The summed E-state index contributed by atoms with van der Waals surface area (Å²) in [6.45, 7) is 7.96. The minimum Gasteiger partial charge on any atom is -0.377 e. The van der Waals surface area contributed by atoms with Crippen molar-refractivity contribution in [2.75, 3.05) is 7.11 Å². The summed E-state index contributed by atoms with van der Waals surface area (Å²) in [7, 11) is 1.57. The minimum atomic E-state index is -0.330. The Kier molecular flexibility index (Phi) is 4.40. The van der Waals surface area contributed by atoms with Gasteiger partial charge in [0.05, 0.1) is 0 Å². The third-order valence-electron chi connectivity index (χ3n) is 2.51. The second-order valence-corrected chi connectivity index (χ2v) is 5.26. The molecule has 5 heteroatoms. The summed E-state index contributed by atoms with van der Waals surface area (Å²) in [5, 5.41) is 3.77. The number of methoxy groups -OCH3 is 1. The monoisotopic (exact) mass is 240 g/mol. The fraction of sp³-hybridized carbons (Fsp3) is 0.750. The van der Waals surface area contributed by atoms with Crippen LogP contribution >= 0.6 is 0 Å². The summed E-state index contributed by atoms with van der Waals surface area (Å²) in [6.07, 6.45) is 0.415. The van der Waals surface area contributed by atoms with Crippen molar-refractivity contribution in [1.29, 1.82) is 0 Å². The first kappa shape index (κ1) is 13.8. The fourth-order valence-corrected chi connectivity index (χ4v) is 1.33. The van der Waals surface area contributed by atoms with Gasteiger partial charge in [0.2, 0.25) is 5.89 Å². The zero-order valence-corrected chi connectivity index (χ0v) is 11.1. The average Bonchev–Trinajstić information content (AvgIpc) is 2.65. The number of carbonyl (C=O) groups excluding carboxylic acids is 1. The molecule has 0 spiro atoms. The molecular weight excluding hydrogens is 220 g/mol. The van der Waals surface area contributed by atoms with Crippen LogP contribution in [0.15, 0.2) is 4.52 Å². The molecule has 0 N–H and O–H groups in total. The highest BCUT2D eigenvalue weighted by molar-refractivity contribution is 5.84. The molecule has 0 aliphatic rings. The molecule has 0 fully saturated rings. The van der Waals surface area contributed by atoms with Crippen molar-refractivity contribution in [3.63, 3.8) is 0 Å². The van der Waals surface area contributed by atoms with E-state index in [4.69, 9.17) is 9.26 Å². The van der Waals surface area contributed by atoms with Crippen LogP contribution in [0, 0.1) is 5.41 Å². The van der Waals surface area contributed by atoms with Crippen LogP contribution in [0.4, 0.5) is 0 Å². The minimum absolute atomic E-state index is 0.0557. The van der Waals surface area contributed by atoms with E-state index < -0.39 is 0 Å². The highest BCUT2D eigenvalue weighted by atomic mass is 16.5. The standard InChI is InChI=1S/C12H20N2O3/c1-8(6-9(15)12(2,3)4)11-13-10(7-16-5)14-17-11/h8H,6-7H2,1-5H3. The molecule has 0 bridgehead atoms. The normalized spacial score (nSPS) is 13.7. The van der Waals surface area contributed by atoms with Gasteiger partial charge in [-0.3, -0.25) is 4.79 Å². The molecular formula is C12H20N2O3. The Balaban J connectivity index is 2.63. The summed E-state index contributed by atoms with van der Waals surface area (Å²) in [4.78, 5) is 16.0. The third-order valence-corrected chi connectivity index (χ3v) is 2.51. The van der Waals surface area contributed by atoms with Crippen LogP contribution in [0.5, 0.6) is 0 Å². The number of nitrogens with zero attached hydrogens (tertiary/aromatic N) is 2. The number of ketones is 1. The maximum atomic E-state index is 11.9. The van der Waals surface area contributed by atoms with Crippen LogP contribution in [0.1, 0.15) is 51.7 Å². The first-order valence-electron chi connectivity index (χ1n) is 5.69. The molecule has 1 atom stereocenters. The van der Waals surface area contributed by atoms with Crippen molar-refractivity contribution in [3.8, 4) is 0 Å². The first-order chi connectivity index (χ1) is 7.84. The van der Waals surface area contributed by atoms with E-state index in [1.807, 2.05) is 27.7 Å². The van der Waals surface area contributed by atoms with Crippen LogP contribution in [0.2, 0.25) is 0 Å². The number of carbonyl (C=O) groups is 1. The van der Waals surface area contributed by atoms with Gasteiger partial charge in [-0.05, 0) is 0 Å². The van der Waals surface area contributed by atoms with Gasteiger partial charge in [0.25, 0.3) is 0 Å². The topological polar surface area (TPSA) is 65.2 Å². The van der Waals surface area contributed by atoms with E-state index in [1.54, 1.807) is 7.11 Å². The van der Waals surface area contributed by atoms with Gasteiger partial charge in [-0.25, -0.2) is 0 Å². The molecule has 0 aromatic carbocycles. The number of hydrogen-bond donors (Lipinski definition) is 0. The van der Waals surface area contributed by atoms with Crippen LogP contribution in [-0.2, 0) is 16.1 Å². The molecule has 1 unspecified atom stereocenters. The van der Waals surface area contributed by atoms with Crippen LogP contribution in [0.3, 0.4) is 0 Å². The Hall–Kier alpha value is -1.23. The second kappa shape index (κ2) is 5.40. The Morgan fingerprint density at radius 2 is 2.12 bits per heavy atom. The van der Waals surface area contributed by atoms with Crippen molar-refractivity contribution in [2.24, 2.45) is 5.41 Å². The summed E-state index contributed by atoms with van der Waals surface area (Å²) in [5.41, 5.74) is -0.330. The van der Waals surface area contributed by atoms with Crippen LogP contribution < -0.4 is 0 Å². The Morgan fingerprint density at radius 3 is 2.65 bits per heavy atom. The molecule has 0 aliphatic heterocycles.